The van der Waals surface area contributed by atoms with Crippen LogP contribution in [0.25, 0.3) is 0 Å². The number of nitrogens with zero attached hydrogens (tertiary/aromatic N) is 1. The first kappa shape index (κ1) is 20.3. The number of aromatic nitrogens is 1. The second kappa shape index (κ2) is 9.16. The number of aryl methyl sites for hydroxylation is 1. The predicted molar refractivity (Wildman–Crippen MR) is 109 cm³/mol. The topological polar surface area (TPSA) is 9.37 Å². The molecule has 1 aromatic heterocycles. The van der Waals surface area contributed by atoms with E-state index in [-0.39, 0.29) is 0 Å². The first-order chi connectivity index (χ1) is 13.4. The molecule has 0 spiro atoms. The summed E-state index contributed by atoms with van der Waals surface area (Å²) in [5.74, 6) is -1.03. The van der Waals surface area contributed by atoms with Crippen molar-refractivity contribution in [2.45, 2.75) is 40.4 Å². The lowest BCUT2D eigenvalue weighted by atomic mass is 10.1. The Morgan fingerprint density at radius 1 is 0.964 bits per heavy atom. The van der Waals surface area contributed by atoms with Crippen molar-refractivity contribution in [1.29, 1.82) is 0 Å². The summed E-state index contributed by atoms with van der Waals surface area (Å²) < 4.78 is 30.1. The first-order valence-electron chi connectivity index (χ1n) is 9.88. The van der Waals surface area contributed by atoms with Crippen molar-refractivity contribution in [3.05, 3.63) is 94.8 Å². The maximum atomic E-state index is 14.2. The Balaban J connectivity index is 1.78. The van der Waals surface area contributed by atoms with Crippen LogP contribution in [-0.4, -0.2) is 11.1 Å². The van der Waals surface area contributed by atoms with Crippen LogP contribution < -0.4 is 4.90 Å². The van der Waals surface area contributed by atoms with Gasteiger partial charge in [-0.15, -0.1) is 0 Å². The van der Waals surface area contributed by atoms with Crippen molar-refractivity contribution < 1.29 is 13.7 Å². The summed E-state index contributed by atoms with van der Waals surface area (Å²) in [6.45, 7) is 9.37. The van der Waals surface area contributed by atoms with Crippen molar-refractivity contribution in [3.63, 3.8) is 0 Å². The van der Waals surface area contributed by atoms with Gasteiger partial charge in [-0.3, -0.25) is 0 Å². The summed E-state index contributed by atoms with van der Waals surface area (Å²) in [4.78, 5) is 1.23. The molecule has 1 heterocycles. The van der Waals surface area contributed by atoms with Gasteiger partial charge in [-0.2, -0.15) is 0 Å². The van der Waals surface area contributed by atoms with Crippen LogP contribution in [0.2, 0.25) is 0 Å². The Labute approximate surface area is 166 Å². The first-order valence-corrected chi connectivity index (χ1v) is 9.88. The summed E-state index contributed by atoms with van der Waals surface area (Å²) in [5.41, 5.74) is 4.15. The van der Waals surface area contributed by atoms with Crippen molar-refractivity contribution in [3.8, 4) is 0 Å². The molecule has 2 nitrogen and oxygen atoms in total. The van der Waals surface area contributed by atoms with Crippen LogP contribution in [0.3, 0.4) is 0 Å². The Morgan fingerprint density at radius 2 is 1.75 bits per heavy atom. The SMILES string of the molecule is Cc1cccc(Cn2cccc2C[NH+](Cc2cccc(F)c2F)CC(C)C)c1. The molecule has 0 saturated carbocycles. The highest BCUT2D eigenvalue weighted by Gasteiger charge is 2.18. The number of hydrogen-bond acceptors (Lipinski definition) is 0. The van der Waals surface area contributed by atoms with Crippen molar-refractivity contribution in [1.82, 2.24) is 4.57 Å². The molecule has 3 aromatic rings. The van der Waals surface area contributed by atoms with E-state index >= 15 is 0 Å². The van der Waals surface area contributed by atoms with Crippen LogP contribution in [0.15, 0.2) is 60.8 Å². The third-order valence-corrected chi connectivity index (χ3v) is 4.96. The average Bonchev–Trinajstić information content (AvgIpc) is 3.05. The maximum absolute atomic E-state index is 14.2. The molecular weight excluding hydrogens is 354 g/mol. The zero-order chi connectivity index (χ0) is 20.1. The van der Waals surface area contributed by atoms with Crippen LogP contribution in [0.5, 0.6) is 0 Å². The fraction of sp³-hybridized carbons (Fsp3) is 0.333. The van der Waals surface area contributed by atoms with E-state index in [0.717, 1.165) is 19.6 Å². The van der Waals surface area contributed by atoms with E-state index < -0.39 is 11.6 Å². The van der Waals surface area contributed by atoms with Gasteiger partial charge in [0.1, 0.15) is 13.1 Å². The molecule has 0 bridgehead atoms. The molecule has 4 heteroatoms. The number of quaternary nitrogens is 1. The zero-order valence-electron chi connectivity index (χ0n) is 16.9. The van der Waals surface area contributed by atoms with E-state index in [1.165, 1.54) is 27.8 Å². The van der Waals surface area contributed by atoms with Crippen LogP contribution in [0.4, 0.5) is 8.78 Å². The highest BCUT2D eigenvalue weighted by molar-refractivity contribution is 5.23. The van der Waals surface area contributed by atoms with Crippen molar-refractivity contribution in [2.75, 3.05) is 6.54 Å². The minimum atomic E-state index is -0.774. The van der Waals surface area contributed by atoms with Gasteiger partial charge in [-0.05, 0) is 30.7 Å². The minimum Gasteiger partial charge on any atom is -0.342 e. The van der Waals surface area contributed by atoms with Gasteiger partial charge in [-0.1, -0.05) is 55.8 Å². The normalized spacial score (nSPS) is 12.5. The predicted octanol–water partition coefficient (Wildman–Crippen LogP) is 4.36. The lowest BCUT2D eigenvalue weighted by Gasteiger charge is -2.23. The van der Waals surface area contributed by atoms with Gasteiger partial charge in [0, 0.05) is 24.2 Å². The van der Waals surface area contributed by atoms with Crippen LogP contribution >= 0.6 is 0 Å². The summed E-state index contributed by atoms with van der Waals surface area (Å²) in [5, 5.41) is 0. The molecule has 0 aliphatic heterocycles. The molecule has 2 aromatic carbocycles. The Hall–Kier alpha value is -2.46. The fourth-order valence-corrected chi connectivity index (χ4v) is 3.77. The van der Waals surface area contributed by atoms with Gasteiger partial charge in [0.25, 0.3) is 0 Å². The van der Waals surface area contributed by atoms with Crippen LogP contribution in [0, 0.1) is 24.5 Å². The summed E-state index contributed by atoms with van der Waals surface area (Å²) in [6.07, 6.45) is 2.09. The van der Waals surface area contributed by atoms with E-state index in [1.54, 1.807) is 12.1 Å². The molecule has 3 rings (SSSR count). The fourth-order valence-electron chi connectivity index (χ4n) is 3.77. The third kappa shape index (κ3) is 5.29. The number of benzene rings is 2. The zero-order valence-corrected chi connectivity index (χ0v) is 16.9. The Bertz CT molecular complexity index is 914. The molecular formula is C24H29F2N2+. The Morgan fingerprint density at radius 3 is 2.50 bits per heavy atom. The molecule has 1 atom stereocenters. The quantitative estimate of drug-likeness (QED) is 0.592. The summed E-state index contributed by atoms with van der Waals surface area (Å²) in [7, 11) is 0. The minimum absolute atomic E-state index is 0.437. The van der Waals surface area contributed by atoms with Crippen LogP contribution in [0.1, 0.15) is 36.2 Å². The third-order valence-electron chi connectivity index (χ3n) is 4.96. The number of nitrogens with one attached hydrogen (secondary N) is 1. The summed E-state index contributed by atoms with van der Waals surface area (Å²) in [6, 6.07) is 17.1. The van der Waals surface area contributed by atoms with E-state index in [9.17, 15) is 8.78 Å². The monoisotopic (exact) mass is 383 g/mol. The van der Waals surface area contributed by atoms with Crippen molar-refractivity contribution >= 4 is 0 Å². The van der Waals surface area contributed by atoms with E-state index in [1.807, 2.05) is 0 Å². The molecule has 0 saturated heterocycles. The molecule has 1 N–H and O–H groups in total. The van der Waals surface area contributed by atoms with Gasteiger partial charge in [-0.25, -0.2) is 8.78 Å². The van der Waals surface area contributed by atoms with Gasteiger partial charge < -0.3 is 9.47 Å². The standard InChI is InChI=1S/C24H28F2N2/c1-18(2)14-27(16-21-9-5-11-23(25)24(21)26)17-22-10-6-12-28(22)15-20-8-4-7-19(3)13-20/h4-13,18H,14-17H2,1-3H3/p+1. The van der Waals surface area contributed by atoms with E-state index in [4.69, 9.17) is 0 Å². The van der Waals surface area contributed by atoms with Gasteiger partial charge in [0.05, 0.1) is 12.2 Å². The highest BCUT2D eigenvalue weighted by atomic mass is 19.2. The van der Waals surface area contributed by atoms with Gasteiger partial charge >= 0.3 is 0 Å². The van der Waals surface area contributed by atoms with E-state index in [0.29, 0.717) is 18.0 Å². The second-order valence-corrected chi connectivity index (χ2v) is 8.03. The smallest absolute Gasteiger partial charge is 0.167 e. The highest BCUT2D eigenvalue weighted by Crippen LogP contribution is 2.12. The molecule has 148 valence electrons. The number of hydrogen-bond donors (Lipinski definition) is 1. The molecule has 0 aliphatic carbocycles. The Kier molecular flexibility index (Phi) is 6.63. The molecule has 0 aliphatic rings. The maximum Gasteiger partial charge on any atom is 0.167 e. The number of halogens is 2. The molecule has 0 radical (unpaired) electrons. The van der Waals surface area contributed by atoms with Crippen LogP contribution in [-0.2, 0) is 19.6 Å². The molecule has 0 amide bonds. The lowest BCUT2D eigenvalue weighted by molar-refractivity contribution is -0.931. The summed E-state index contributed by atoms with van der Waals surface area (Å²) >= 11 is 0. The average molecular weight is 384 g/mol. The van der Waals surface area contributed by atoms with Gasteiger partial charge in [0.15, 0.2) is 11.6 Å². The second-order valence-electron chi connectivity index (χ2n) is 8.03. The van der Waals surface area contributed by atoms with E-state index in [2.05, 4.69) is 67.9 Å². The molecule has 0 fully saturated rings. The largest absolute Gasteiger partial charge is 0.342 e. The molecule has 1 unspecified atom stereocenters. The lowest BCUT2D eigenvalue weighted by Crippen LogP contribution is -3.10. The van der Waals surface area contributed by atoms with Gasteiger partial charge in [0.2, 0.25) is 0 Å². The number of rotatable bonds is 8. The molecule has 28 heavy (non-hydrogen) atoms. The van der Waals surface area contributed by atoms with Crippen molar-refractivity contribution in [2.24, 2.45) is 5.92 Å².